The van der Waals surface area contributed by atoms with Crippen LogP contribution in [0, 0.1) is 0 Å². The maximum atomic E-state index is 11.9. The van der Waals surface area contributed by atoms with E-state index in [2.05, 4.69) is 5.32 Å². The van der Waals surface area contributed by atoms with Crippen LogP contribution in [0.2, 0.25) is 0 Å². The number of carbonyl (C=O) groups excluding carboxylic acids is 2. The van der Waals surface area contributed by atoms with Gasteiger partial charge in [0.15, 0.2) is 11.5 Å². The van der Waals surface area contributed by atoms with Crippen LogP contribution in [0.5, 0.6) is 11.5 Å². The summed E-state index contributed by atoms with van der Waals surface area (Å²) < 4.78 is 11.0. The van der Waals surface area contributed by atoms with Crippen LogP contribution in [0.15, 0.2) is 18.2 Å². The molecule has 3 N–H and O–H groups in total. The van der Waals surface area contributed by atoms with E-state index in [-0.39, 0.29) is 23.6 Å². The Morgan fingerprint density at radius 3 is 2.77 bits per heavy atom. The topological polar surface area (TPSA) is 90.7 Å². The van der Waals surface area contributed by atoms with Crippen molar-refractivity contribution >= 4 is 23.6 Å². The Labute approximate surface area is 133 Å². The molecule has 1 unspecified atom stereocenters. The summed E-state index contributed by atoms with van der Waals surface area (Å²) in [5.74, 6) is 1.83. The minimum Gasteiger partial charge on any atom is -0.486 e. The number of nitrogens with two attached hydrogens (primary N) is 1. The molecule has 0 saturated carbocycles. The zero-order valence-corrected chi connectivity index (χ0v) is 13.3. The molecule has 1 aromatic rings. The average Bonchev–Trinajstić information content (AvgIpc) is 2.51. The van der Waals surface area contributed by atoms with E-state index in [9.17, 15) is 9.59 Å². The lowest BCUT2D eigenvalue weighted by Crippen LogP contribution is -2.27. The van der Waals surface area contributed by atoms with Gasteiger partial charge in [-0.25, -0.2) is 0 Å². The summed E-state index contributed by atoms with van der Waals surface area (Å²) in [6.07, 6.45) is 0.354. The predicted molar refractivity (Wildman–Crippen MR) is 85.1 cm³/mol. The minimum absolute atomic E-state index is 0.0561. The number of primary amides is 1. The van der Waals surface area contributed by atoms with E-state index in [1.807, 2.05) is 25.1 Å². The molecule has 2 amide bonds. The van der Waals surface area contributed by atoms with Gasteiger partial charge in [-0.15, -0.1) is 0 Å². The van der Waals surface area contributed by atoms with Gasteiger partial charge in [-0.3, -0.25) is 9.59 Å². The molecular weight excluding hydrogens is 304 g/mol. The number of amides is 2. The summed E-state index contributed by atoms with van der Waals surface area (Å²) in [7, 11) is 0. The van der Waals surface area contributed by atoms with Gasteiger partial charge in [0.05, 0.1) is 11.8 Å². The molecule has 1 atom stereocenters. The van der Waals surface area contributed by atoms with Crippen LogP contribution in [-0.4, -0.2) is 36.5 Å². The van der Waals surface area contributed by atoms with E-state index in [4.69, 9.17) is 15.2 Å². The van der Waals surface area contributed by atoms with Crippen molar-refractivity contribution in [2.75, 3.05) is 24.7 Å². The molecule has 1 aliphatic heterocycles. The average molecular weight is 324 g/mol. The molecule has 120 valence electrons. The first kappa shape index (κ1) is 16.5. The highest BCUT2D eigenvalue weighted by Gasteiger charge is 2.15. The highest BCUT2D eigenvalue weighted by molar-refractivity contribution is 7.99. The smallest absolute Gasteiger partial charge is 0.227 e. The molecule has 7 heteroatoms. The molecule has 0 aliphatic carbocycles. The van der Waals surface area contributed by atoms with E-state index >= 15 is 0 Å². The fraction of sp³-hybridized carbons (Fsp3) is 0.467. The monoisotopic (exact) mass is 324 g/mol. The van der Waals surface area contributed by atoms with Crippen LogP contribution >= 0.6 is 11.8 Å². The number of hydrogen-bond donors (Lipinski definition) is 2. The van der Waals surface area contributed by atoms with Gasteiger partial charge in [0.25, 0.3) is 0 Å². The summed E-state index contributed by atoms with van der Waals surface area (Å²) in [4.78, 5) is 22.5. The van der Waals surface area contributed by atoms with E-state index in [1.54, 1.807) is 0 Å². The largest absolute Gasteiger partial charge is 0.486 e. The number of hydrogen-bond acceptors (Lipinski definition) is 5. The first-order valence-corrected chi connectivity index (χ1v) is 8.26. The molecule has 22 heavy (non-hydrogen) atoms. The second-order valence-electron chi connectivity index (χ2n) is 4.96. The Bertz CT molecular complexity index is 550. The van der Waals surface area contributed by atoms with Crippen molar-refractivity contribution in [1.82, 2.24) is 5.32 Å². The molecule has 0 saturated heterocycles. The van der Waals surface area contributed by atoms with Crippen molar-refractivity contribution in [3.8, 4) is 11.5 Å². The Morgan fingerprint density at radius 2 is 2.05 bits per heavy atom. The summed E-state index contributed by atoms with van der Waals surface area (Å²) in [5.41, 5.74) is 6.00. The first-order chi connectivity index (χ1) is 10.6. The van der Waals surface area contributed by atoms with E-state index in [0.717, 1.165) is 11.3 Å². The molecule has 1 heterocycles. The Balaban J connectivity index is 1.82. The Hall–Kier alpha value is -1.89. The van der Waals surface area contributed by atoms with Crippen LogP contribution in [0.4, 0.5) is 0 Å². The minimum atomic E-state index is -0.366. The zero-order valence-electron chi connectivity index (χ0n) is 12.5. The predicted octanol–water partition coefficient (Wildman–Crippen LogP) is 1.24. The second-order valence-corrected chi connectivity index (χ2v) is 6.07. The van der Waals surface area contributed by atoms with Gasteiger partial charge in [-0.05, 0) is 24.6 Å². The third-order valence-electron chi connectivity index (χ3n) is 3.16. The number of ether oxygens (including phenoxy) is 2. The third-order valence-corrected chi connectivity index (χ3v) is 4.14. The van der Waals surface area contributed by atoms with Gasteiger partial charge in [0.1, 0.15) is 13.2 Å². The van der Waals surface area contributed by atoms with Crippen molar-refractivity contribution in [1.29, 1.82) is 0 Å². The summed E-state index contributed by atoms with van der Waals surface area (Å²) in [6.45, 7) is 3.01. The van der Waals surface area contributed by atoms with Crippen molar-refractivity contribution in [3.05, 3.63) is 23.8 Å². The van der Waals surface area contributed by atoms with Gasteiger partial charge in [0, 0.05) is 12.2 Å². The summed E-state index contributed by atoms with van der Waals surface area (Å²) in [5, 5.41) is 2.93. The van der Waals surface area contributed by atoms with E-state index < -0.39 is 0 Å². The molecule has 6 nitrogen and oxygen atoms in total. The van der Waals surface area contributed by atoms with E-state index in [0.29, 0.717) is 31.1 Å². The highest BCUT2D eigenvalue weighted by atomic mass is 32.2. The highest BCUT2D eigenvalue weighted by Crippen LogP contribution is 2.32. The lowest BCUT2D eigenvalue weighted by Gasteiger charge is -2.21. The fourth-order valence-corrected chi connectivity index (χ4v) is 2.74. The van der Waals surface area contributed by atoms with Crippen molar-refractivity contribution < 1.29 is 19.1 Å². The molecule has 0 bridgehead atoms. The molecule has 1 aromatic carbocycles. The number of fused-ring (bicyclic) bond motifs is 1. The molecule has 0 radical (unpaired) electrons. The number of thioether (sulfide) groups is 1. The van der Waals surface area contributed by atoms with Crippen molar-refractivity contribution in [3.63, 3.8) is 0 Å². The van der Waals surface area contributed by atoms with Crippen molar-refractivity contribution in [2.24, 2.45) is 5.73 Å². The van der Waals surface area contributed by atoms with Gasteiger partial charge in [-0.2, -0.15) is 11.8 Å². The van der Waals surface area contributed by atoms with Crippen LogP contribution in [0.1, 0.15) is 24.9 Å². The molecule has 0 spiro atoms. The zero-order chi connectivity index (χ0) is 15.9. The molecule has 2 rings (SSSR count). The lowest BCUT2D eigenvalue weighted by molar-refractivity contribution is -0.121. The van der Waals surface area contributed by atoms with Gasteiger partial charge in [-0.1, -0.05) is 6.07 Å². The maximum absolute atomic E-state index is 11.9. The fourth-order valence-electron chi connectivity index (χ4n) is 2.06. The summed E-state index contributed by atoms with van der Waals surface area (Å²) in [6, 6.07) is 5.54. The quantitative estimate of drug-likeness (QED) is 0.737. The van der Waals surface area contributed by atoms with Crippen LogP contribution in [-0.2, 0) is 9.59 Å². The third kappa shape index (κ3) is 4.84. The molecule has 0 aromatic heterocycles. The lowest BCUT2D eigenvalue weighted by atomic mass is 10.1. The van der Waals surface area contributed by atoms with Crippen LogP contribution in [0.3, 0.4) is 0 Å². The van der Waals surface area contributed by atoms with Crippen LogP contribution < -0.4 is 20.5 Å². The van der Waals surface area contributed by atoms with Crippen molar-refractivity contribution in [2.45, 2.75) is 19.4 Å². The van der Waals surface area contributed by atoms with Gasteiger partial charge >= 0.3 is 0 Å². The maximum Gasteiger partial charge on any atom is 0.227 e. The van der Waals surface area contributed by atoms with Gasteiger partial charge in [0.2, 0.25) is 11.8 Å². The summed E-state index contributed by atoms with van der Waals surface area (Å²) >= 11 is 1.36. The Kier molecular flexibility index (Phi) is 5.94. The molecular formula is C15H20N2O4S. The number of benzene rings is 1. The second kappa shape index (κ2) is 7.93. The van der Waals surface area contributed by atoms with Gasteiger partial charge < -0.3 is 20.5 Å². The number of carbonyl (C=O) groups is 2. The molecule has 0 fully saturated rings. The van der Waals surface area contributed by atoms with E-state index in [1.165, 1.54) is 11.8 Å². The first-order valence-electron chi connectivity index (χ1n) is 7.11. The standard InChI is InChI=1S/C15H20N2O4S/c1-10(17-15(19)4-7-22-9-14(16)18)11-2-3-12-13(8-11)21-6-5-20-12/h2-3,8,10H,4-7,9H2,1H3,(H2,16,18)(H,17,19). The SMILES string of the molecule is CC(NC(=O)CCSCC(N)=O)c1ccc2c(c1)OCCO2. The number of nitrogens with one attached hydrogen (secondary N) is 1. The van der Waals surface area contributed by atoms with Crippen LogP contribution in [0.25, 0.3) is 0 Å². The Morgan fingerprint density at radius 1 is 1.32 bits per heavy atom. The normalized spacial score (nSPS) is 14.2. The molecule has 1 aliphatic rings. The number of rotatable bonds is 7.